The standard InChI is InChI=1S/C18H29FN4O2/c1-6-20-16(21-10-11-22-17(24)25-18(2,3)4)23(5)13-14-8-7-9-15(19)12-14/h7-9,12H,6,10-11,13H2,1-5H3,(H,20,21)(H,22,24). The predicted molar refractivity (Wildman–Crippen MR) is 98.1 cm³/mol. The molecule has 0 heterocycles. The number of guanidine groups is 1. The largest absolute Gasteiger partial charge is 0.444 e. The Hall–Kier alpha value is -2.31. The van der Waals surface area contributed by atoms with Crippen LogP contribution in [-0.4, -0.2) is 49.2 Å². The molecule has 1 aromatic carbocycles. The number of hydrogen-bond acceptors (Lipinski definition) is 3. The van der Waals surface area contributed by atoms with Crippen molar-refractivity contribution in [1.29, 1.82) is 0 Å². The lowest BCUT2D eigenvalue weighted by Gasteiger charge is -2.22. The maximum Gasteiger partial charge on any atom is 0.407 e. The number of halogens is 1. The van der Waals surface area contributed by atoms with Crippen LogP contribution in [0.2, 0.25) is 0 Å². The number of aliphatic imine (C=N–C) groups is 1. The summed E-state index contributed by atoms with van der Waals surface area (Å²) in [6, 6.07) is 6.48. The van der Waals surface area contributed by atoms with Gasteiger partial charge in [-0.25, -0.2) is 9.18 Å². The van der Waals surface area contributed by atoms with E-state index in [2.05, 4.69) is 15.6 Å². The molecule has 0 unspecified atom stereocenters. The second kappa shape index (κ2) is 9.86. The van der Waals surface area contributed by atoms with Gasteiger partial charge in [-0.3, -0.25) is 4.99 Å². The highest BCUT2D eigenvalue weighted by atomic mass is 19.1. The van der Waals surface area contributed by atoms with Crippen molar-refractivity contribution in [2.75, 3.05) is 26.7 Å². The molecule has 0 saturated heterocycles. The molecule has 1 amide bonds. The Labute approximate surface area is 149 Å². The number of carbonyl (C=O) groups excluding carboxylic acids is 1. The number of alkyl carbamates (subject to hydrolysis) is 1. The topological polar surface area (TPSA) is 66.0 Å². The third-order valence-electron chi connectivity index (χ3n) is 3.05. The monoisotopic (exact) mass is 352 g/mol. The van der Waals surface area contributed by atoms with Gasteiger partial charge in [-0.05, 0) is 45.4 Å². The molecule has 1 rings (SSSR count). The van der Waals surface area contributed by atoms with Gasteiger partial charge in [-0.15, -0.1) is 0 Å². The summed E-state index contributed by atoms with van der Waals surface area (Å²) in [5, 5.41) is 5.85. The molecule has 1 aromatic rings. The van der Waals surface area contributed by atoms with Crippen molar-refractivity contribution in [2.24, 2.45) is 4.99 Å². The van der Waals surface area contributed by atoms with Crippen molar-refractivity contribution in [1.82, 2.24) is 15.5 Å². The van der Waals surface area contributed by atoms with E-state index in [0.29, 0.717) is 32.1 Å². The average molecular weight is 352 g/mol. The zero-order valence-electron chi connectivity index (χ0n) is 15.7. The van der Waals surface area contributed by atoms with Crippen LogP contribution in [0.5, 0.6) is 0 Å². The van der Waals surface area contributed by atoms with E-state index in [1.165, 1.54) is 12.1 Å². The second-order valence-electron chi connectivity index (χ2n) is 6.65. The third kappa shape index (κ3) is 8.93. The van der Waals surface area contributed by atoms with Crippen LogP contribution < -0.4 is 10.6 Å². The molecule has 0 atom stereocenters. The zero-order valence-corrected chi connectivity index (χ0v) is 15.7. The van der Waals surface area contributed by atoms with Crippen molar-refractivity contribution in [2.45, 2.75) is 39.8 Å². The number of carbonyl (C=O) groups is 1. The number of nitrogens with one attached hydrogen (secondary N) is 2. The van der Waals surface area contributed by atoms with Crippen LogP contribution in [0.15, 0.2) is 29.3 Å². The summed E-state index contributed by atoms with van der Waals surface area (Å²) in [5.74, 6) is 0.437. The highest BCUT2D eigenvalue weighted by molar-refractivity contribution is 5.79. The molecular weight excluding hydrogens is 323 g/mol. The number of benzene rings is 1. The lowest BCUT2D eigenvalue weighted by molar-refractivity contribution is 0.0529. The molecule has 0 aliphatic heterocycles. The van der Waals surface area contributed by atoms with Crippen molar-refractivity contribution in [3.63, 3.8) is 0 Å². The van der Waals surface area contributed by atoms with Crippen LogP contribution in [0, 0.1) is 5.82 Å². The zero-order chi connectivity index (χ0) is 18.9. The average Bonchev–Trinajstić information content (AvgIpc) is 2.48. The Balaban J connectivity index is 2.54. The first kappa shape index (κ1) is 20.7. The lowest BCUT2D eigenvalue weighted by atomic mass is 10.2. The summed E-state index contributed by atoms with van der Waals surface area (Å²) >= 11 is 0. The summed E-state index contributed by atoms with van der Waals surface area (Å²) in [7, 11) is 1.88. The van der Waals surface area contributed by atoms with E-state index < -0.39 is 11.7 Å². The highest BCUT2D eigenvalue weighted by Gasteiger charge is 2.15. The van der Waals surface area contributed by atoms with Crippen LogP contribution >= 0.6 is 0 Å². The predicted octanol–water partition coefficient (Wildman–Crippen LogP) is 2.75. The van der Waals surface area contributed by atoms with E-state index in [-0.39, 0.29) is 5.82 Å². The summed E-state index contributed by atoms with van der Waals surface area (Å²) in [6.45, 7) is 9.45. The van der Waals surface area contributed by atoms with Gasteiger partial charge in [-0.2, -0.15) is 0 Å². The van der Waals surface area contributed by atoms with Gasteiger partial charge in [-0.1, -0.05) is 12.1 Å². The highest BCUT2D eigenvalue weighted by Crippen LogP contribution is 2.07. The smallest absolute Gasteiger partial charge is 0.407 e. The molecule has 0 aromatic heterocycles. The molecule has 0 bridgehead atoms. The van der Waals surface area contributed by atoms with E-state index in [0.717, 1.165) is 5.56 Å². The number of amides is 1. The molecule has 0 fully saturated rings. The minimum absolute atomic E-state index is 0.255. The number of nitrogens with zero attached hydrogens (tertiary/aromatic N) is 2. The molecule has 0 spiro atoms. The normalized spacial score (nSPS) is 11.8. The Morgan fingerprint density at radius 1 is 1.32 bits per heavy atom. The van der Waals surface area contributed by atoms with E-state index in [9.17, 15) is 9.18 Å². The Bertz CT molecular complexity index is 585. The maximum absolute atomic E-state index is 13.3. The van der Waals surface area contributed by atoms with Crippen LogP contribution in [0.4, 0.5) is 9.18 Å². The molecule has 0 saturated carbocycles. The van der Waals surface area contributed by atoms with E-state index in [1.54, 1.807) is 6.07 Å². The SMILES string of the molecule is CCNC(=NCCNC(=O)OC(C)(C)C)N(C)Cc1cccc(F)c1. The quantitative estimate of drug-likeness (QED) is 0.469. The molecule has 2 N–H and O–H groups in total. The molecule has 7 heteroatoms. The van der Waals surface area contributed by atoms with Crippen LogP contribution in [-0.2, 0) is 11.3 Å². The van der Waals surface area contributed by atoms with Crippen molar-refractivity contribution in [3.05, 3.63) is 35.6 Å². The summed E-state index contributed by atoms with van der Waals surface area (Å²) in [4.78, 5) is 18.0. The van der Waals surface area contributed by atoms with Crippen LogP contribution in [0.1, 0.15) is 33.3 Å². The first-order valence-electron chi connectivity index (χ1n) is 8.42. The fourth-order valence-electron chi connectivity index (χ4n) is 2.09. The first-order chi connectivity index (χ1) is 11.7. The fourth-order valence-corrected chi connectivity index (χ4v) is 2.09. The Morgan fingerprint density at radius 2 is 2.04 bits per heavy atom. The third-order valence-corrected chi connectivity index (χ3v) is 3.05. The molecule has 25 heavy (non-hydrogen) atoms. The van der Waals surface area contributed by atoms with Crippen molar-refractivity contribution in [3.8, 4) is 0 Å². The fraction of sp³-hybridized carbons (Fsp3) is 0.556. The minimum atomic E-state index is -0.520. The van der Waals surface area contributed by atoms with Gasteiger partial charge in [0, 0.05) is 26.7 Å². The number of ether oxygens (including phenoxy) is 1. The maximum atomic E-state index is 13.3. The summed E-state index contributed by atoms with van der Waals surface area (Å²) in [6.07, 6.45) is -0.458. The first-order valence-corrected chi connectivity index (χ1v) is 8.42. The van der Waals surface area contributed by atoms with Crippen LogP contribution in [0.3, 0.4) is 0 Å². The second-order valence-corrected chi connectivity index (χ2v) is 6.65. The molecule has 140 valence electrons. The van der Waals surface area contributed by atoms with Crippen molar-refractivity contribution < 1.29 is 13.9 Å². The van der Waals surface area contributed by atoms with E-state index >= 15 is 0 Å². The summed E-state index contributed by atoms with van der Waals surface area (Å²) in [5.41, 5.74) is 0.341. The van der Waals surface area contributed by atoms with Gasteiger partial charge in [0.05, 0.1) is 6.54 Å². The van der Waals surface area contributed by atoms with E-state index in [4.69, 9.17) is 4.74 Å². The minimum Gasteiger partial charge on any atom is -0.444 e. The van der Waals surface area contributed by atoms with Gasteiger partial charge >= 0.3 is 6.09 Å². The molecular formula is C18H29FN4O2. The van der Waals surface area contributed by atoms with Gasteiger partial charge in [0.2, 0.25) is 0 Å². The van der Waals surface area contributed by atoms with Gasteiger partial charge in [0.15, 0.2) is 5.96 Å². The van der Waals surface area contributed by atoms with Gasteiger partial charge in [0.25, 0.3) is 0 Å². The van der Waals surface area contributed by atoms with Gasteiger partial charge in [0.1, 0.15) is 11.4 Å². The molecule has 0 radical (unpaired) electrons. The molecule has 0 aliphatic carbocycles. The molecule has 6 nitrogen and oxygen atoms in total. The summed E-state index contributed by atoms with van der Waals surface area (Å²) < 4.78 is 18.5. The lowest BCUT2D eigenvalue weighted by Crippen LogP contribution is -2.39. The van der Waals surface area contributed by atoms with Crippen molar-refractivity contribution >= 4 is 12.1 Å². The Kier molecular flexibility index (Phi) is 8.18. The van der Waals surface area contributed by atoms with E-state index in [1.807, 2.05) is 45.7 Å². The number of hydrogen-bond donors (Lipinski definition) is 2. The van der Waals surface area contributed by atoms with Gasteiger partial charge < -0.3 is 20.3 Å². The Morgan fingerprint density at radius 3 is 2.64 bits per heavy atom. The number of rotatable bonds is 6. The van der Waals surface area contributed by atoms with Crippen LogP contribution in [0.25, 0.3) is 0 Å². The molecule has 0 aliphatic rings.